The third kappa shape index (κ3) is 4.00. The van der Waals surface area contributed by atoms with Gasteiger partial charge in [0, 0.05) is 0 Å². The van der Waals surface area contributed by atoms with Crippen molar-refractivity contribution in [1.82, 2.24) is 4.98 Å². The Morgan fingerprint density at radius 2 is 1.72 bits per heavy atom. The van der Waals surface area contributed by atoms with Crippen LogP contribution in [0.5, 0.6) is 5.75 Å². The number of rotatable bonds is 6. The Morgan fingerprint density at radius 3 is 2.34 bits per heavy atom. The summed E-state index contributed by atoms with van der Waals surface area (Å²) in [5.41, 5.74) is -1.27. The summed E-state index contributed by atoms with van der Waals surface area (Å²) in [6.45, 7) is -0.0853. The van der Waals surface area contributed by atoms with E-state index in [1.807, 2.05) is 0 Å². The van der Waals surface area contributed by atoms with Crippen LogP contribution in [-0.2, 0) is 20.9 Å². The average Bonchev–Trinajstić information content (AvgIpc) is 2.74. The summed E-state index contributed by atoms with van der Waals surface area (Å²) in [4.78, 5) is 15.0. The second kappa shape index (κ2) is 8.44. The van der Waals surface area contributed by atoms with Crippen LogP contribution in [0.15, 0.2) is 54.6 Å². The Hall–Kier alpha value is -3.20. The monoisotopic (exact) mass is 409 g/mol. The molecule has 5 nitrogen and oxygen atoms in total. The molecule has 1 aromatic heterocycles. The third-order valence-corrected chi connectivity index (χ3v) is 4.19. The highest BCUT2D eigenvalue weighted by Crippen LogP contribution is 2.33. The van der Waals surface area contributed by atoms with Gasteiger partial charge in [0.05, 0.1) is 13.7 Å². The molecule has 0 spiro atoms. The number of aromatic nitrogens is 1. The summed E-state index contributed by atoms with van der Waals surface area (Å²) in [7, 11) is 1.09. The largest absolute Gasteiger partial charge is 0.476 e. The van der Waals surface area contributed by atoms with Crippen LogP contribution in [-0.4, -0.2) is 29.8 Å². The first-order chi connectivity index (χ1) is 13.9. The van der Waals surface area contributed by atoms with E-state index in [1.165, 1.54) is 24.3 Å². The molecule has 0 bridgehead atoms. The second-order valence-corrected chi connectivity index (χ2v) is 5.99. The highest BCUT2D eigenvalue weighted by Gasteiger charge is 2.49. The molecule has 0 amide bonds. The Kier molecular flexibility index (Phi) is 5.97. The SMILES string of the molecule is COC(=O)C1(OCc2ccccc2)C=CC=CC1Oc1c(F)c(F)nc(F)c1F. The summed E-state index contributed by atoms with van der Waals surface area (Å²) >= 11 is 0. The Balaban J connectivity index is 1.98. The van der Waals surface area contributed by atoms with Crippen LogP contribution in [0, 0.1) is 23.5 Å². The zero-order valence-electron chi connectivity index (χ0n) is 15.1. The van der Waals surface area contributed by atoms with Gasteiger partial charge in [0.1, 0.15) is 0 Å². The maximum absolute atomic E-state index is 14.0. The Bertz CT molecular complexity index is 938. The fourth-order valence-electron chi connectivity index (χ4n) is 2.74. The van der Waals surface area contributed by atoms with Gasteiger partial charge in [-0.2, -0.15) is 22.5 Å². The predicted molar refractivity (Wildman–Crippen MR) is 92.7 cm³/mol. The summed E-state index contributed by atoms with van der Waals surface area (Å²) in [5, 5.41) is 0. The average molecular weight is 409 g/mol. The number of hydrogen-bond donors (Lipinski definition) is 0. The van der Waals surface area contributed by atoms with Gasteiger partial charge in [-0.1, -0.05) is 42.5 Å². The molecule has 1 aromatic carbocycles. The number of halogens is 4. The van der Waals surface area contributed by atoms with Gasteiger partial charge in [0.25, 0.3) is 11.9 Å². The summed E-state index contributed by atoms with van der Waals surface area (Å²) in [6.07, 6.45) is 3.89. The molecule has 0 radical (unpaired) electrons. The number of carbonyl (C=O) groups excluding carboxylic acids is 1. The van der Waals surface area contributed by atoms with Crippen LogP contribution in [0.3, 0.4) is 0 Å². The molecule has 3 rings (SSSR count). The molecule has 2 atom stereocenters. The molecular weight excluding hydrogens is 394 g/mol. The van der Waals surface area contributed by atoms with Crippen molar-refractivity contribution >= 4 is 5.97 Å². The van der Waals surface area contributed by atoms with Crippen molar-refractivity contribution in [3.63, 3.8) is 0 Å². The smallest absolute Gasteiger partial charge is 0.346 e. The van der Waals surface area contributed by atoms with Crippen molar-refractivity contribution in [2.75, 3.05) is 7.11 Å². The van der Waals surface area contributed by atoms with Gasteiger partial charge in [-0.05, 0) is 17.7 Å². The minimum absolute atomic E-state index is 0.0853. The molecule has 152 valence electrons. The van der Waals surface area contributed by atoms with Crippen molar-refractivity contribution in [2.45, 2.75) is 18.3 Å². The number of esters is 1. The Labute approximate surface area is 163 Å². The number of carbonyl (C=O) groups is 1. The van der Waals surface area contributed by atoms with Crippen LogP contribution < -0.4 is 4.74 Å². The van der Waals surface area contributed by atoms with E-state index in [2.05, 4.69) is 4.98 Å². The summed E-state index contributed by atoms with van der Waals surface area (Å²) in [5.74, 6) is -9.75. The lowest BCUT2D eigenvalue weighted by Gasteiger charge is -2.35. The van der Waals surface area contributed by atoms with E-state index in [-0.39, 0.29) is 6.61 Å². The molecule has 0 saturated carbocycles. The second-order valence-electron chi connectivity index (χ2n) is 5.99. The van der Waals surface area contributed by atoms with Crippen LogP contribution in [0.2, 0.25) is 0 Å². The summed E-state index contributed by atoms with van der Waals surface area (Å²) in [6, 6.07) is 8.75. The highest BCUT2D eigenvalue weighted by molar-refractivity contribution is 5.84. The molecule has 2 unspecified atom stereocenters. The Morgan fingerprint density at radius 1 is 1.07 bits per heavy atom. The van der Waals surface area contributed by atoms with E-state index in [1.54, 1.807) is 30.3 Å². The van der Waals surface area contributed by atoms with Gasteiger partial charge in [-0.25, -0.2) is 4.79 Å². The highest BCUT2D eigenvalue weighted by atomic mass is 19.2. The van der Waals surface area contributed by atoms with Crippen LogP contribution >= 0.6 is 0 Å². The van der Waals surface area contributed by atoms with Gasteiger partial charge in [0.2, 0.25) is 23.0 Å². The van der Waals surface area contributed by atoms with Crippen molar-refractivity contribution in [2.24, 2.45) is 0 Å². The maximum Gasteiger partial charge on any atom is 0.346 e. The summed E-state index contributed by atoms with van der Waals surface area (Å²) < 4.78 is 70.6. The zero-order chi connectivity index (χ0) is 21.0. The van der Waals surface area contributed by atoms with E-state index in [0.29, 0.717) is 5.56 Å². The number of allylic oxidation sites excluding steroid dienone is 2. The molecule has 9 heteroatoms. The van der Waals surface area contributed by atoms with E-state index in [0.717, 1.165) is 7.11 Å². The molecule has 1 aliphatic carbocycles. The number of ether oxygens (including phenoxy) is 3. The fraction of sp³-hybridized carbons (Fsp3) is 0.200. The van der Waals surface area contributed by atoms with Crippen LogP contribution in [0.1, 0.15) is 5.56 Å². The molecule has 0 fully saturated rings. The van der Waals surface area contributed by atoms with Crippen molar-refractivity contribution in [3.8, 4) is 5.75 Å². The quantitative estimate of drug-likeness (QED) is 0.414. The van der Waals surface area contributed by atoms with Crippen molar-refractivity contribution in [3.05, 3.63) is 83.7 Å². The molecule has 2 aromatic rings. The lowest BCUT2D eigenvalue weighted by atomic mass is 9.91. The van der Waals surface area contributed by atoms with Gasteiger partial charge in [-0.3, -0.25) is 0 Å². The molecular formula is C20H15F4NO4. The molecule has 1 aliphatic rings. The van der Waals surface area contributed by atoms with Crippen molar-refractivity contribution in [1.29, 1.82) is 0 Å². The van der Waals surface area contributed by atoms with Crippen LogP contribution in [0.4, 0.5) is 17.6 Å². The minimum Gasteiger partial charge on any atom is -0.476 e. The standard InChI is InChI=1S/C20H15F4NO4/c1-27-19(26)20(28-11-12-7-3-2-4-8-12)10-6-5-9-13(20)29-16-14(21)17(23)25-18(24)15(16)22/h2-10,13H,11H2,1H3. The number of hydrogen-bond acceptors (Lipinski definition) is 5. The number of methoxy groups -OCH3 is 1. The first-order valence-corrected chi connectivity index (χ1v) is 8.38. The van der Waals surface area contributed by atoms with Gasteiger partial charge >= 0.3 is 5.97 Å². The number of pyridine rings is 1. The lowest BCUT2D eigenvalue weighted by molar-refractivity contribution is -0.173. The minimum atomic E-state index is -1.96. The van der Waals surface area contributed by atoms with E-state index >= 15 is 0 Å². The topological polar surface area (TPSA) is 57.7 Å². The number of nitrogens with zero attached hydrogens (tertiary/aromatic N) is 1. The zero-order valence-corrected chi connectivity index (χ0v) is 15.1. The van der Waals surface area contributed by atoms with Crippen LogP contribution in [0.25, 0.3) is 0 Å². The lowest BCUT2D eigenvalue weighted by Crippen LogP contribution is -2.53. The molecule has 0 aliphatic heterocycles. The van der Waals surface area contributed by atoms with E-state index < -0.39 is 47.0 Å². The first kappa shape index (κ1) is 20.5. The van der Waals surface area contributed by atoms with Crippen molar-refractivity contribution < 1.29 is 36.6 Å². The maximum atomic E-state index is 14.0. The first-order valence-electron chi connectivity index (χ1n) is 8.38. The number of benzene rings is 1. The van der Waals surface area contributed by atoms with Gasteiger partial charge in [0.15, 0.2) is 6.10 Å². The molecule has 0 N–H and O–H groups in total. The fourth-order valence-corrected chi connectivity index (χ4v) is 2.74. The normalized spacial score (nSPS) is 20.5. The van der Waals surface area contributed by atoms with Gasteiger partial charge in [-0.15, -0.1) is 0 Å². The molecule has 0 saturated heterocycles. The third-order valence-electron chi connectivity index (χ3n) is 4.19. The van der Waals surface area contributed by atoms with E-state index in [4.69, 9.17) is 14.2 Å². The predicted octanol–water partition coefficient (Wildman–Crippen LogP) is 3.64. The van der Waals surface area contributed by atoms with E-state index in [9.17, 15) is 22.4 Å². The molecule has 29 heavy (non-hydrogen) atoms. The molecule has 1 heterocycles. The van der Waals surface area contributed by atoms with Gasteiger partial charge < -0.3 is 14.2 Å².